The molecule has 2 rings (SSSR count). The third-order valence-electron chi connectivity index (χ3n) is 3.20. The molecule has 2 N–H and O–H groups in total. The zero-order chi connectivity index (χ0) is 11.9. The summed E-state index contributed by atoms with van der Waals surface area (Å²) in [6.45, 7) is 5.63. The SMILES string of the molecule is C[C@H](CCO)[C@H]1O[C@@H]2OC(C)(C)O[C@@H]2[C@H]1O. The summed E-state index contributed by atoms with van der Waals surface area (Å²) in [5.74, 6) is -0.609. The van der Waals surface area contributed by atoms with Gasteiger partial charge in [0.1, 0.15) is 12.2 Å². The summed E-state index contributed by atoms with van der Waals surface area (Å²) in [7, 11) is 0. The van der Waals surface area contributed by atoms with Crippen molar-refractivity contribution in [3.05, 3.63) is 0 Å². The summed E-state index contributed by atoms with van der Waals surface area (Å²) in [6.07, 6.45) is -1.31. The fourth-order valence-electron chi connectivity index (χ4n) is 2.35. The van der Waals surface area contributed by atoms with E-state index < -0.39 is 24.3 Å². The Hall–Kier alpha value is -0.200. The first kappa shape index (κ1) is 12.3. The van der Waals surface area contributed by atoms with Crippen LogP contribution in [0.1, 0.15) is 27.2 Å². The summed E-state index contributed by atoms with van der Waals surface area (Å²) < 4.78 is 16.8. The van der Waals surface area contributed by atoms with Crippen molar-refractivity contribution in [2.45, 2.75) is 57.6 Å². The number of aliphatic hydroxyl groups excluding tert-OH is 2. The third-order valence-corrected chi connectivity index (χ3v) is 3.20. The standard InChI is InChI=1S/C11H20O5/c1-6(4-5-12)8-7(13)9-10(14-8)16-11(2,3)15-9/h6-10,12-13H,4-5H2,1-3H3/t6-,7+,8-,9-,10-/m1/s1. The molecule has 0 spiro atoms. The second kappa shape index (κ2) is 4.23. The molecular formula is C11H20O5. The van der Waals surface area contributed by atoms with Crippen LogP contribution >= 0.6 is 0 Å². The van der Waals surface area contributed by atoms with Crippen molar-refractivity contribution in [2.24, 2.45) is 5.92 Å². The maximum Gasteiger partial charge on any atom is 0.190 e. The summed E-state index contributed by atoms with van der Waals surface area (Å²) in [5.41, 5.74) is 0. The molecule has 0 radical (unpaired) electrons. The summed E-state index contributed by atoms with van der Waals surface area (Å²) >= 11 is 0. The molecule has 0 unspecified atom stereocenters. The Morgan fingerprint density at radius 1 is 1.31 bits per heavy atom. The third kappa shape index (κ3) is 2.10. The highest BCUT2D eigenvalue weighted by molar-refractivity contribution is 4.94. The van der Waals surface area contributed by atoms with Crippen molar-refractivity contribution in [3.63, 3.8) is 0 Å². The van der Waals surface area contributed by atoms with Crippen molar-refractivity contribution in [2.75, 3.05) is 6.61 Å². The molecule has 0 amide bonds. The molecule has 0 saturated carbocycles. The fourth-order valence-corrected chi connectivity index (χ4v) is 2.35. The molecule has 94 valence electrons. The van der Waals surface area contributed by atoms with Crippen LogP contribution in [0, 0.1) is 5.92 Å². The number of hydrogen-bond acceptors (Lipinski definition) is 5. The molecule has 0 aromatic heterocycles. The summed E-state index contributed by atoms with van der Waals surface area (Å²) in [4.78, 5) is 0. The first-order valence-corrected chi connectivity index (χ1v) is 5.74. The van der Waals surface area contributed by atoms with Crippen molar-refractivity contribution in [1.82, 2.24) is 0 Å². The van der Waals surface area contributed by atoms with Crippen molar-refractivity contribution >= 4 is 0 Å². The predicted octanol–water partition coefficient (Wildman–Crippen LogP) is 0.242. The van der Waals surface area contributed by atoms with Gasteiger partial charge in [-0.05, 0) is 26.2 Å². The van der Waals surface area contributed by atoms with Crippen molar-refractivity contribution in [3.8, 4) is 0 Å². The van der Waals surface area contributed by atoms with E-state index in [4.69, 9.17) is 19.3 Å². The molecule has 5 heteroatoms. The lowest BCUT2D eigenvalue weighted by Gasteiger charge is -2.26. The molecule has 5 atom stereocenters. The number of aliphatic hydroxyl groups is 2. The van der Waals surface area contributed by atoms with Crippen LogP contribution < -0.4 is 0 Å². The molecule has 2 aliphatic heterocycles. The molecule has 16 heavy (non-hydrogen) atoms. The monoisotopic (exact) mass is 232 g/mol. The van der Waals surface area contributed by atoms with Gasteiger partial charge in [0.05, 0.1) is 6.10 Å². The Labute approximate surface area is 95.3 Å². The Balaban J connectivity index is 1.99. The lowest BCUT2D eigenvalue weighted by Crippen LogP contribution is -2.37. The van der Waals surface area contributed by atoms with Crippen LogP contribution in [0.5, 0.6) is 0 Å². The van der Waals surface area contributed by atoms with Gasteiger partial charge < -0.3 is 24.4 Å². The van der Waals surface area contributed by atoms with Crippen LogP contribution in [-0.2, 0) is 14.2 Å². The molecule has 2 aliphatic rings. The number of hydrogen-bond donors (Lipinski definition) is 2. The first-order chi connectivity index (χ1) is 7.44. The number of rotatable bonds is 3. The predicted molar refractivity (Wildman–Crippen MR) is 55.6 cm³/mol. The minimum Gasteiger partial charge on any atom is -0.396 e. The van der Waals surface area contributed by atoms with Crippen molar-refractivity contribution in [1.29, 1.82) is 0 Å². The summed E-state index contributed by atoms with van der Waals surface area (Å²) in [5, 5.41) is 18.9. The molecule has 5 nitrogen and oxygen atoms in total. The molecule has 2 saturated heterocycles. The zero-order valence-corrected chi connectivity index (χ0v) is 9.92. The van der Waals surface area contributed by atoms with Crippen LogP contribution in [0.25, 0.3) is 0 Å². The second-order valence-electron chi connectivity index (χ2n) is 5.05. The van der Waals surface area contributed by atoms with E-state index in [1.54, 1.807) is 13.8 Å². The van der Waals surface area contributed by atoms with Crippen LogP contribution in [0.15, 0.2) is 0 Å². The van der Waals surface area contributed by atoms with Crippen molar-refractivity contribution < 1.29 is 24.4 Å². The van der Waals surface area contributed by atoms with E-state index in [0.717, 1.165) is 0 Å². The molecule has 2 fully saturated rings. The van der Waals surface area contributed by atoms with E-state index in [9.17, 15) is 5.11 Å². The minimum absolute atomic E-state index is 0.0842. The van der Waals surface area contributed by atoms with Crippen LogP contribution in [0.2, 0.25) is 0 Å². The van der Waals surface area contributed by atoms with E-state index in [1.807, 2.05) is 6.92 Å². The molecule has 0 bridgehead atoms. The average molecular weight is 232 g/mol. The van der Waals surface area contributed by atoms with Gasteiger partial charge in [0.15, 0.2) is 12.1 Å². The lowest BCUT2D eigenvalue weighted by molar-refractivity contribution is -0.220. The van der Waals surface area contributed by atoms with Gasteiger partial charge in [-0.25, -0.2) is 0 Å². The highest BCUT2D eigenvalue weighted by Gasteiger charge is 2.55. The minimum atomic E-state index is -0.693. The Morgan fingerprint density at radius 3 is 2.56 bits per heavy atom. The van der Waals surface area contributed by atoms with E-state index in [-0.39, 0.29) is 18.6 Å². The van der Waals surface area contributed by atoms with Gasteiger partial charge in [-0.15, -0.1) is 0 Å². The highest BCUT2D eigenvalue weighted by Crippen LogP contribution is 2.39. The van der Waals surface area contributed by atoms with E-state index in [1.165, 1.54) is 0 Å². The average Bonchev–Trinajstić information content (AvgIpc) is 2.62. The molecule has 0 aromatic carbocycles. The van der Waals surface area contributed by atoms with Gasteiger partial charge in [-0.3, -0.25) is 0 Å². The first-order valence-electron chi connectivity index (χ1n) is 5.74. The molecule has 2 heterocycles. The van der Waals surface area contributed by atoms with Crippen LogP contribution in [0.4, 0.5) is 0 Å². The zero-order valence-electron chi connectivity index (χ0n) is 9.92. The maximum atomic E-state index is 10.1. The van der Waals surface area contributed by atoms with Gasteiger partial charge in [0, 0.05) is 6.61 Å². The molecule has 0 aliphatic carbocycles. The van der Waals surface area contributed by atoms with Gasteiger partial charge >= 0.3 is 0 Å². The number of fused-ring (bicyclic) bond motifs is 1. The normalized spacial score (nSPS) is 43.3. The smallest absolute Gasteiger partial charge is 0.190 e. The van der Waals surface area contributed by atoms with Crippen LogP contribution in [0.3, 0.4) is 0 Å². The number of ether oxygens (including phenoxy) is 3. The fraction of sp³-hybridized carbons (Fsp3) is 1.00. The Bertz CT molecular complexity index is 255. The van der Waals surface area contributed by atoms with Gasteiger partial charge in [-0.2, -0.15) is 0 Å². The topological polar surface area (TPSA) is 68.2 Å². The highest BCUT2D eigenvalue weighted by atomic mass is 16.8. The van der Waals surface area contributed by atoms with E-state index in [0.29, 0.717) is 6.42 Å². The Kier molecular flexibility index (Phi) is 3.25. The van der Waals surface area contributed by atoms with Gasteiger partial charge in [-0.1, -0.05) is 6.92 Å². The largest absolute Gasteiger partial charge is 0.396 e. The van der Waals surface area contributed by atoms with E-state index >= 15 is 0 Å². The second-order valence-corrected chi connectivity index (χ2v) is 5.05. The van der Waals surface area contributed by atoms with E-state index in [2.05, 4.69) is 0 Å². The molecular weight excluding hydrogens is 212 g/mol. The lowest BCUT2D eigenvalue weighted by atomic mass is 9.96. The summed E-state index contributed by atoms with van der Waals surface area (Å²) in [6, 6.07) is 0. The maximum absolute atomic E-state index is 10.1. The Morgan fingerprint density at radius 2 is 2.00 bits per heavy atom. The van der Waals surface area contributed by atoms with Gasteiger partial charge in [0.2, 0.25) is 0 Å². The van der Waals surface area contributed by atoms with Crippen LogP contribution in [-0.4, -0.2) is 47.2 Å². The van der Waals surface area contributed by atoms with Gasteiger partial charge in [0.25, 0.3) is 0 Å². The quantitative estimate of drug-likeness (QED) is 0.729. The molecule has 0 aromatic rings.